The second-order valence-corrected chi connectivity index (χ2v) is 6.75. The van der Waals surface area contributed by atoms with E-state index in [1.165, 1.54) is 35.5 Å². The zero-order valence-corrected chi connectivity index (χ0v) is 14.1. The number of benzene rings is 1. The topological polar surface area (TPSA) is 51.1 Å². The van der Waals surface area contributed by atoms with Gasteiger partial charge < -0.3 is 9.88 Å². The predicted octanol–water partition coefficient (Wildman–Crippen LogP) is 3.02. The molecule has 1 aliphatic rings. The minimum Gasteiger partial charge on any atom is -0.351 e. The molecule has 2 aromatic rings. The fourth-order valence-corrected chi connectivity index (χ4v) is 3.63. The molecule has 4 nitrogen and oxygen atoms in total. The van der Waals surface area contributed by atoms with Gasteiger partial charge in [-0.2, -0.15) is 0 Å². The van der Waals surface area contributed by atoms with Gasteiger partial charge in [-0.3, -0.25) is 9.59 Å². The first-order valence-corrected chi connectivity index (χ1v) is 8.61. The molecule has 1 fully saturated rings. The number of aryl methyl sites for hydroxylation is 1. The molecule has 0 unspecified atom stereocenters. The molecule has 1 aromatic carbocycles. The standard InChI is InChI=1S/C20H24N2O2/c1-22-13-10-16(14-18(22)23)19(24)21-15-20(11-6-3-7-12-20)17-8-4-2-5-9-17/h2,4-5,8-10,13-14H,3,6-7,11-12,15H2,1H3,(H,21,24). The number of aromatic nitrogens is 1. The first-order chi connectivity index (χ1) is 11.6. The number of nitrogens with zero attached hydrogens (tertiary/aromatic N) is 1. The highest BCUT2D eigenvalue weighted by Gasteiger charge is 2.34. The number of carbonyl (C=O) groups excluding carboxylic acids is 1. The molecule has 1 aromatic heterocycles. The van der Waals surface area contributed by atoms with E-state index in [1.54, 1.807) is 19.3 Å². The van der Waals surface area contributed by atoms with Gasteiger partial charge in [-0.05, 0) is 24.5 Å². The summed E-state index contributed by atoms with van der Waals surface area (Å²) in [5.41, 5.74) is 1.57. The van der Waals surface area contributed by atoms with Gasteiger partial charge in [0.15, 0.2) is 0 Å². The second kappa shape index (κ2) is 7.04. The van der Waals surface area contributed by atoms with Gasteiger partial charge in [-0.25, -0.2) is 0 Å². The zero-order chi connectivity index (χ0) is 17.0. The first kappa shape index (κ1) is 16.5. The molecule has 24 heavy (non-hydrogen) atoms. The summed E-state index contributed by atoms with van der Waals surface area (Å²) in [5, 5.41) is 3.07. The van der Waals surface area contributed by atoms with Crippen molar-refractivity contribution in [1.82, 2.24) is 9.88 Å². The van der Waals surface area contributed by atoms with Crippen LogP contribution in [0, 0.1) is 0 Å². The van der Waals surface area contributed by atoms with E-state index in [2.05, 4.69) is 29.6 Å². The van der Waals surface area contributed by atoms with Crippen LogP contribution in [0.2, 0.25) is 0 Å². The number of hydrogen-bond acceptors (Lipinski definition) is 2. The van der Waals surface area contributed by atoms with Crippen LogP contribution in [0.15, 0.2) is 53.5 Å². The number of pyridine rings is 1. The lowest BCUT2D eigenvalue weighted by atomic mass is 9.69. The van der Waals surface area contributed by atoms with Crippen LogP contribution in [-0.2, 0) is 12.5 Å². The molecule has 0 radical (unpaired) electrons. The lowest BCUT2D eigenvalue weighted by molar-refractivity contribution is 0.0936. The Morgan fingerprint density at radius 2 is 1.83 bits per heavy atom. The summed E-state index contributed by atoms with van der Waals surface area (Å²) in [5.74, 6) is -0.173. The van der Waals surface area contributed by atoms with Crippen molar-refractivity contribution in [2.24, 2.45) is 7.05 Å². The van der Waals surface area contributed by atoms with Crippen molar-refractivity contribution in [3.8, 4) is 0 Å². The Labute approximate surface area is 142 Å². The highest BCUT2D eigenvalue weighted by Crippen LogP contribution is 2.38. The third-order valence-corrected chi connectivity index (χ3v) is 5.15. The molecule has 1 heterocycles. The molecule has 1 N–H and O–H groups in total. The van der Waals surface area contributed by atoms with E-state index in [-0.39, 0.29) is 16.9 Å². The summed E-state index contributed by atoms with van der Waals surface area (Å²) in [4.78, 5) is 24.2. The molecule has 4 heteroatoms. The summed E-state index contributed by atoms with van der Waals surface area (Å²) in [7, 11) is 1.68. The van der Waals surface area contributed by atoms with E-state index >= 15 is 0 Å². The highest BCUT2D eigenvalue weighted by molar-refractivity contribution is 5.94. The molecular formula is C20H24N2O2. The Morgan fingerprint density at radius 3 is 2.50 bits per heavy atom. The normalized spacial score (nSPS) is 16.5. The largest absolute Gasteiger partial charge is 0.351 e. The summed E-state index contributed by atoms with van der Waals surface area (Å²) in [6, 6.07) is 13.6. The zero-order valence-electron chi connectivity index (χ0n) is 14.1. The molecule has 0 saturated heterocycles. The lowest BCUT2D eigenvalue weighted by Gasteiger charge is -2.38. The molecule has 1 aliphatic carbocycles. The van der Waals surface area contributed by atoms with Gasteiger partial charge >= 0.3 is 0 Å². The number of carbonyl (C=O) groups is 1. The Morgan fingerprint density at radius 1 is 1.12 bits per heavy atom. The van der Waals surface area contributed by atoms with Gasteiger partial charge in [-0.1, -0.05) is 49.6 Å². The molecule has 0 atom stereocenters. The third kappa shape index (κ3) is 3.42. The van der Waals surface area contributed by atoms with E-state index in [0.717, 1.165) is 12.8 Å². The Balaban J connectivity index is 1.77. The lowest BCUT2D eigenvalue weighted by Crippen LogP contribution is -2.42. The molecule has 126 valence electrons. The summed E-state index contributed by atoms with van der Waals surface area (Å²) < 4.78 is 1.46. The first-order valence-electron chi connectivity index (χ1n) is 8.61. The van der Waals surface area contributed by atoms with Crippen LogP contribution >= 0.6 is 0 Å². The van der Waals surface area contributed by atoms with E-state index in [1.807, 2.05) is 6.07 Å². The average molecular weight is 324 g/mol. The summed E-state index contributed by atoms with van der Waals surface area (Å²) >= 11 is 0. The Bertz CT molecular complexity index is 759. The molecule has 1 saturated carbocycles. The van der Waals surface area contributed by atoms with Gasteiger partial charge in [-0.15, -0.1) is 0 Å². The maximum atomic E-state index is 12.5. The summed E-state index contributed by atoms with van der Waals surface area (Å²) in [6.45, 7) is 0.616. The number of nitrogens with one attached hydrogen (secondary N) is 1. The average Bonchev–Trinajstić information content (AvgIpc) is 2.63. The van der Waals surface area contributed by atoms with Crippen LogP contribution in [0.4, 0.5) is 0 Å². The van der Waals surface area contributed by atoms with E-state index in [0.29, 0.717) is 12.1 Å². The van der Waals surface area contributed by atoms with Crippen molar-refractivity contribution in [2.75, 3.05) is 6.54 Å². The van der Waals surface area contributed by atoms with Gasteiger partial charge in [0.1, 0.15) is 0 Å². The number of amides is 1. The van der Waals surface area contributed by atoms with Gasteiger partial charge in [0.05, 0.1) is 0 Å². The van der Waals surface area contributed by atoms with E-state index in [9.17, 15) is 9.59 Å². The van der Waals surface area contributed by atoms with Crippen LogP contribution in [0.1, 0.15) is 48.0 Å². The molecule has 1 amide bonds. The van der Waals surface area contributed by atoms with Crippen LogP contribution in [0.3, 0.4) is 0 Å². The molecular weight excluding hydrogens is 300 g/mol. The highest BCUT2D eigenvalue weighted by atomic mass is 16.2. The monoisotopic (exact) mass is 324 g/mol. The third-order valence-electron chi connectivity index (χ3n) is 5.15. The fraction of sp³-hybridized carbons (Fsp3) is 0.400. The van der Waals surface area contributed by atoms with Crippen molar-refractivity contribution in [2.45, 2.75) is 37.5 Å². The maximum Gasteiger partial charge on any atom is 0.251 e. The van der Waals surface area contributed by atoms with Gasteiger partial charge in [0, 0.05) is 36.8 Å². The number of rotatable bonds is 4. The van der Waals surface area contributed by atoms with Crippen molar-refractivity contribution in [3.05, 3.63) is 70.1 Å². The molecule has 0 aliphatic heterocycles. The van der Waals surface area contributed by atoms with Gasteiger partial charge in [0.2, 0.25) is 0 Å². The van der Waals surface area contributed by atoms with Crippen molar-refractivity contribution >= 4 is 5.91 Å². The van der Waals surface area contributed by atoms with Crippen molar-refractivity contribution in [1.29, 1.82) is 0 Å². The van der Waals surface area contributed by atoms with Crippen LogP contribution in [0.25, 0.3) is 0 Å². The molecule has 0 spiro atoms. The quantitative estimate of drug-likeness (QED) is 0.940. The Kier molecular flexibility index (Phi) is 4.84. The van der Waals surface area contributed by atoms with Crippen molar-refractivity contribution < 1.29 is 4.79 Å². The van der Waals surface area contributed by atoms with Crippen LogP contribution in [-0.4, -0.2) is 17.0 Å². The SMILES string of the molecule is Cn1ccc(C(=O)NCC2(c3ccccc3)CCCCC2)cc1=O. The van der Waals surface area contributed by atoms with Crippen LogP contribution < -0.4 is 10.9 Å². The molecule has 3 rings (SSSR count). The maximum absolute atomic E-state index is 12.5. The summed E-state index contributed by atoms with van der Waals surface area (Å²) in [6.07, 6.45) is 7.46. The second-order valence-electron chi connectivity index (χ2n) is 6.75. The number of hydrogen-bond donors (Lipinski definition) is 1. The molecule has 0 bridgehead atoms. The van der Waals surface area contributed by atoms with E-state index < -0.39 is 0 Å². The predicted molar refractivity (Wildman–Crippen MR) is 95.2 cm³/mol. The Hall–Kier alpha value is -2.36. The van der Waals surface area contributed by atoms with Crippen LogP contribution in [0.5, 0.6) is 0 Å². The minimum atomic E-state index is -0.173. The smallest absolute Gasteiger partial charge is 0.251 e. The minimum absolute atomic E-state index is 0.00884. The van der Waals surface area contributed by atoms with Gasteiger partial charge in [0.25, 0.3) is 11.5 Å². The van der Waals surface area contributed by atoms with E-state index in [4.69, 9.17) is 0 Å². The fourth-order valence-electron chi connectivity index (χ4n) is 3.63. The van der Waals surface area contributed by atoms with Crippen molar-refractivity contribution in [3.63, 3.8) is 0 Å².